The van der Waals surface area contributed by atoms with Crippen molar-refractivity contribution >= 4 is 21.8 Å². The molecule has 0 aliphatic rings. The first-order valence-corrected chi connectivity index (χ1v) is 7.32. The summed E-state index contributed by atoms with van der Waals surface area (Å²) >= 11 is 0. The summed E-state index contributed by atoms with van der Waals surface area (Å²) in [5, 5.41) is 2.38. The third kappa shape index (κ3) is 2.31. The van der Waals surface area contributed by atoms with E-state index in [9.17, 15) is 0 Å². The molecule has 22 heavy (non-hydrogen) atoms. The second kappa shape index (κ2) is 5.19. The quantitative estimate of drug-likeness (QED) is 0.557. The number of rotatable bonds is 2. The average Bonchev–Trinajstić information content (AvgIpc) is 2.54. The molecule has 0 aliphatic heterocycles. The lowest BCUT2D eigenvalue weighted by Gasteiger charge is -2.08. The van der Waals surface area contributed by atoms with Gasteiger partial charge in [0.2, 0.25) is 0 Å². The van der Waals surface area contributed by atoms with Gasteiger partial charge in [-0.2, -0.15) is 0 Å². The number of hydrogen-bond acceptors (Lipinski definition) is 3. The van der Waals surface area contributed by atoms with Crippen molar-refractivity contribution < 1.29 is 0 Å². The molecule has 0 bridgehead atoms. The maximum atomic E-state index is 4.51. The standard InChI is InChI=1S/C19H15N3/c1-13-8-17(19-18(9-13)21-6-7-22-19)11-14-2-3-16-12-20-5-4-15(16)10-14/h2-10,12H,11H2,1H3. The summed E-state index contributed by atoms with van der Waals surface area (Å²) in [6, 6.07) is 12.8. The summed E-state index contributed by atoms with van der Waals surface area (Å²) in [7, 11) is 0. The molecule has 0 unspecified atom stereocenters. The molecule has 106 valence electrons. The van der Waals surface area contributed by atoms with Gasteiger partial charge in [0.05, 0.1) is 11.0 Å². The van der Waals surface area contributed by atoms with Gasteiger partial charge in [-0.1, -0.05) is 24.3 Å². The largest absolute Gasteiger partial charge is 0.264 e. The van der Waals surface area contributed by atoms with E-state index < -0.39 is 0 Å². The van der Waals surface area contributed by atoms with E-state index in [1.807, 2.05) is 18.5 Å². The van der Waals surface area contributed by atoms with E-state index in [4.69, 9.17) is 0 Å². The molecule has 4 rings (SSSR count). The monoisotopic (exact) mass is 285 g/mol. The summed E-state index contributed by atoms with van der Waals surface area (Å²) in [4.78, 5) is 13.1. The molecular weight excluding hydrogens is 270 g/mol. The van der Waals surface area contributed by atoms with E-state index in [-0.39, 0.29) is 0 Å². The Kier molecular flexibility index (Phi) is 3.04. The van der Waals surface area contributed by atoms with Crippen LogP contribution in [0, 0.1) is 6.92 Å². The van der Waals surface area contributed by atoms with Gasteiger partial charge in [-0.05, 0) is 47.6 Å². The van der Waals surface area contributed by atoms with Gasteiger partial charge in [-0.15, -0.1) is 0 Å². The molecule has 2 aromatic heterocycles. The molecule has 0 saturated carbocycles. The van der Waals surface area contributed by atoms with Crippen LogP contribution in [0.1, 0.15) is 16.7 Å². The van der Waals surface area contributed by atoms with E-state index in [1.54, 1.807) is 12.4 Å². The van der Waals surface area contributed by atoms with E-state index in [0.29, 0.717) is 0 Å². The minimum absolute atomic E-state index is 0.856. The first kappa shape index (κ1) is 12.9. The van der Waals surface area contributed by atoms with Crippen molar-refractivity contribution in [1.29, 1.82) is 0 Å². The summed E-state index contributed by atoms with van der Waals surface area (Å²) < 4.78 is 0. The molecule has 2 heterocycles. The van der Waals surface area contributed by atoms with Gasteiger partial charge in [-0.25, -0.2) is 0 Å². The smallest absolute Gasteiger partial charge is 0.0922 e. The van der Waals surface area contributed by atoms with Crippen molar-refractivity contribution in [2.24, 2.45) is 0 Å². The molecule has 0 spiro atoms. The third-order valence-electron chi connectivity index (χ3n) is 3.90. The Morgan fingerprint density at radius 1 is 0.864 bits per heavy atom. The van der Waals surface area contributed by atoms with Crippen LogP contribution < -0.4 is 0 Å². The van der Waals surface area contributed by atoms with Crippen molar-refractivity contribution in [3.05, 3.63) is 77.9 Å². The molecule has 0 fully saturated rings. The second-order valence-corrected chi connectivity index (χ2v) is 5.58. The SMILES string of the molecule is Cc1cc(Cc2ccc3cnccc3c2)c2nccnc2c1. The summed E-state index contributed by atoms with van der Waals surface area (Å²) in [6.07, 6.45) is 8.09. The Labute approximate surface area is 128 Å². The van der Waals surface area contributed by atoms with Gasteiger partial charge in [0.1, 0.15) is 0 Å². The summed E-state index contributed by atoms with van der Waals surface area (Å²) in [5.41, 5.74) is 5.66. The van der Waals surface area contributed by atoms with Crippen LogP contribution in [0.15, 0.2) is 61.2 Å². The molecule has 0 aliphatic carbocycles. The van der Waals surface area contributed by atoms with Crippen LogP contribution in [0.3, 0.4) is 0 Å². The fourth-order valence-corrected chi connectivity index (χ4v) is 2.90. The Morgan fingerprint density at radius 3 is 2.73 bits per heavy atom. The lowest BCUT2D eigenvalue weighted by molar-refractivity contribution is 1.17. The first-order chi connectivity index (χ1) is 10.8. The average molecular weight is 285 g/mol. The fourth-order valence-electron chi connectivity index (χ4n) is 2.90. The van der Waals surface area contributed by atoms with E-state index >= 15 is 0 Å². The molecule has 2 aromatic carbocycles. The van der Waals surface area contributed by atoms with Gasteiger partial charge >= 0.3 is 0 Å². The minimum atomic E-state index is 0.856. The molecular formula is C19H15N3. The Hall–Kier alpha value is -2.81. The fraction of sp³-hybridized carbons (Fsp3) is 0.105. The van der Waals surface area contributed by atoms with Crippen molar-refractivity contribution in [2.75, 3.05) is 0 Å². The zero-order chi connectivity index (χ0) is 14.9. The second-order valence-electron chi connectivity index (χ2n) is 5.58. The van der Waals surface area contributed by atoms with Crippen LogP contribution in [-0.2, 0) is 6.42 Å². The minimum Gasteiger partial charge on any atom is -0.264 e. The van der Waals surface area contributed by atoms with Crippen LogP contribution >= 0.6 is 0 Å². The zero-order valence-corrected chi connectivity index (χ0v) is 12.3. The Bertz CT molecular complexity index is 976. The number of aromatic nitrogens is 3. The Morgan fingerprint density at radius 2 is 1.77 bits per heavy atom. The number of aryl methyl sites for hydroxylation is 1. The normalized spacial score (nSPS) is 11.1. The zero-order valence-electron chi connectivity index (χ0n) is 12.3. The molecule has 0 saturated heterocycles. The van der Waals surface area contributed by atoms with Crippen molar-refractivity contribution in [1.82, 2.24) is 15.0 Å². The molecule has 3 heteroatoms. The molecule has 0 radical (unpaired) electrons. The lowest BCUT2D eigenvalue weighted by atomic mass is 9.99. The van der Waals surface area contributed by atoms with Gasteiger partial charge < -0.3 is 0 Å². The highest BCUT2D eigenvalue weighted by Crippen LogP contribution is 2.22. The van der Waals surface area contributed by atoms with Crippen molar-refractivity contribution in [3.63, 3.8) is 0 Å². The lowest BCUT2D eigenvalue weighted by Crippen LogP contribution is -1.94. The van der Waals surface area contributed by atoms with Crippen LogP contribution in [-0.4, -0.2) is 15.0 Å². The first-order valence-electron chi connectivity index (χ1n) is 7.32. The maximum Gasteiger partial charge on any atom is 0.0922 e. The maximum absolute atomic E-state index is 4.51. The predicted octanol–water partition coefficient (Wildman–Crippen LogP) is 4.08. The molecule has 0 amide bonds. The number of fused-ring (bicyclic) bond motifs is 2. The number of hydrogen-bond donors (Lipinski definition) is 0. The van der Waals surface area contributed by atoms with Crippen LogP contribution in [0.2, 0.25) is 0 Å². The van der Waals surface area contributed by atoms with E-state index in [0.717, 1.165) is 17.5 Å². The van der Waals surface area contributed by atoms with Crippen LogP contribution in [0.25, 0.3) is 21.8 Å². The molecule has 0 N–H and O–H groups in total. The highest BCUT2D eigenvalue weighted by molar-refractivity contribution is 5.83. The van der Waals surface area contributed by atoms with Gasteiger partial charge in [0.15, 0.2) is 0 Å². The van der Waals surface area contributed by atoms with E-state index in [1.165, 1.54) is 27.5 Å². The predicted molar refractivity (Wildman–Crippen MR) is 88.8 cm³/mol. The highest BCUT2D eigenvalue weighted by atomic mass is 14.8. The molecule has 0 atom stereocenters. The number of pyridine rings is 1. The third-order valence-corrected chi connectivity index (χ3v) is 3.90. The molecule has 4 aromatic rings. The van der Waals surface area contributed by atoms with Gasteiger partial charge in [0, 0.05) is 30.2 Å². The van der Waals surface area contributed by atoms with Crippen molar-refractivity contribution in [3.8, 4) is 0 Å². The summed E-state index contributed by atoms with van der Waals surface area (Å²) in [6.45, 7) is 2.10. The number of nitrogens with zero attached hydrogens (tertiary/aromatic N) is 3. The van der Waals surface area contributed by atoms with Crippen LogP contribution in [0.4, 0.5) is 0 Å². The van der Waals surface area contributed by atoms with Gasteiger partial charge in [-0.3, -0.25) is 15.0 Å². The van der Waals surface area contributed by atoms with Crippen LogP contribution in [0.5, 0.6) is 0 Å². The van der Waals surface area contributed by atoms with Crippen molar-refractivity contribution in [2.45, 2.75) is 13.3 Å². The number of benzene rings is 2. The summed E-state index contributed by atoms with van der Waals surface area (Å²) in [5.74, 6) is 0. The van der Waals surface area contributed by atoms with E-state index in [2.05, 4.69) is 52.2 Å². The molecule has 3 nitrogen and oxygen atoms in total. The Balaban J connectivity index is 1.82. The topological polar surface area (TPSA) is 38.7 Å². The van der Waals surface area contributed by atoms with Gasteiger partial charge in [0.25, 0.3) is 0 Å². The highest BCUT2D eigenvalue weighted by Gasteiger charge is 2.06.